The second-order valence-electron chi connectivity index (χ2n) is 5.67. The number of rotatable bonds is 2. The van der Waals surface area contributed by atoms with E-state index in [9.17, 15) is 0 Å². The van der Waals surface area contributed by atoms with Gasteiger partial charge in [-0.3, -0.25) is 0 Å². The molecule has 1 unspecified atom stereocenters. The maximum Gasteiger partial charge on any atom is 0.0208 e. The van der Waals surface area contributed by atoms with Gasteiger partial charge in [-0.15, -0.1) is 0 Å². The van der Waals surface area contributed by atoms with Crippen molar-refractivity contribution in [1.82, 2.24) is 5.32 Å². The zero-order chi connectivity index (χ0) is 11.7. The Hall–Kier alpha value is -0.820. The summed E-state index contributed by atoms with van der Waals surface area (Å²) in [6, 6.07) is 7.17. The van der Waals surface area contributed by atoms with E-state index in [-0.39, 0.29) is 0 Å². The fraction of sp³-hybridized carbons (Fsp3) is 0.625. The van der Waals surface area contributed by atoms with Crippen LogP contribution in [0.5, 0.6) is 0 Å². The number of nitrogens with one attached hydrogen (secondary N) is 1. The molecule has 92 valence electrons. The molecule has 1 heteroatoms. The van der Waals surface area contributed by atoms with Crippen LogP contribution >= 0.6 is 0 Å². The maximum atomic E-state index is 3.62. The van der Waals surface area contributed by atoms with Gasteiger partial charge in [-0.05, 0) is 47.8 Å². The van der Waals surface area contributed by atoms with Gasteiger partial charge in [0.05, 0.1) is 0 Å². The van der Waals surface area contributed by atoms with Crippen molar-refractivity contribution < 1.29 is 0 Å². The molecule has 1 N–H and O–H groups in total. The molecular weight excluding hydrogens is 206 g/mol. The van der Waals surface area contributed by atoms with Crippen LogP contribution in [0.4, 0.5) is 0 Å². The topological polar surface area (TPSA) is 12.0 Å². The molecule has 1 nitrogen and oxygen atoms in total. The van der Waals surface area contributed by atoms with Gasteiger partial charge in [0.1, 0.15) is 0 Å². The van der Waals surface area contributed by atoms with E-state index in [1.807, 2.05) is 0 Å². The Bertz CT molecular complexity index is 391. The fourth-order valence-corrected chi connectivity index (χ4v) is 3.65. The average Bonchev–Trinajstić information content (AvgIpc) is 2.91. The Morgan fingerprint density at radius 1 is 1.24 bits per heavy atom. The van der Waals surface area contributed by atoms with Crippen molar-refractivity contribution >= 4 is 0 Å². The van der Waals surface area contributed by atoms with Crippen LogP contribution in [0.3, 0.4) is 0 Å². The summed E-state index contributed by atoms with van der Waals surface area (Å²) in [5.41, 5.74) is 4.69. The second kappa shape index (κ2) is 4.81. The first-order chi connectivity index (χ1) is 8.38. The van der Waals surface area contributed by atoms with Crippen molar-refractivity contribution in [3.05, 3.63) is 34.9 Å². The summed E-state index contributed by atoms with van der Waals surface area (Å²) in [7, 11) is 0. The smallest absolute Gasteiger partial charge is 0.0208 e. The summed E-state index contributed by atoms with van der Waals surface area (Å²) in [6.07, 6.45) is 6.94. The van der Waals surface area contributed by atoms with Crippen LogP contribution in [0, 0.1) is 5.92 Å². The van der Waals surface area contributed by atoms with Gasteiger partial charge in [0.15, 0.2) is 0 Å². The zero-order valence-corrected chi connectivity index (χ0v) is 10.8. The summed E-state index contributed by atoms with van der Waals surface area (Å²) in [4.78, 5) is 0. The minimum absolute atomic E-state index is 0.784. The van der Waals surface area contributed by atoms with Crippen molar-refractivity contribution in [3.8, 4) is 0 Å². The highest BCUT2D eigenvalue weighted by Crippen LogP contribution is 2.39. The van der Waals surface area contributed by atoms with Gasteiger partial charge in [0.25, 0.3) is 0 Å². The molecule has 1 saturated carbocycles. The molecule has 0 radical (unpaired) electrons. The van der Waals surface area contributed by atoms with E-state index < -0.39 is 0 Å². The van der Waals surface area contributed by atoms with Gasteiger partial charge in [0.2, 0.25) is 0 Å². The molecule has 2 aliphatic rings. The molecule has 1 aliphatic carbocycles. The molecule has 1 heterocycles. The van der Waals surface area contributed by atoms with Gasteiger partial charge < -0.3 is 5.32 Å². The molecule has 0 aromatic heterocycles. The average molecular weight is 229 g/mol. The number of hydrogen-bond donors (Lipinski definition) is 1. The molecule has 0 bridgehead atoms. The lowest BCUT2D eigenvalue weighted by Gasteiger charge is -2.31. The quantitative estimate of drug-likeness (QED) is 0.816. The molecule has 0 spiro atoms. The summed E-state index contributed by atoms with van der Waals surface area (Å²) >= 11 is 0. The molecule has 0 saturated heterocycles. The van der Waals surface area contributed by atoms with Crippen molar-refractivity contribution in [2.75, 3.05) is 6.54 Å². The summed E-state index contributed by atoms with van der Waals surface area (Å²) in [5, 5.41) is 3.62. The maximum absolute atomic E-state index is 3.62. The van der Waals surface area contributed by atoms with Crippen LogP contribution in [0.15, 0.2) is 18.2 Å². The molecular formula is C16H23N. The Kier molecular flexibility index (Phi) is 3.19. The number of fused-ring (bicyclic) bond motifs is 1. The predicted molar refractivity (Wildman–Crippen MR) is 72.2 cm³/mol. The van der Waals surface area contributed by atoms with Crippen LogP contribution in [0.25, 0.3) is 0 Å². The molecule has 0 amide bonds. The highest BCUT2D eigenvalue weighted by molar-refractivity contribution is 5.37. The van der Waals surface area contributed by atoms with Gasteiger partial charge >= 0.3 is 0 Å². The SMILES string of the molecule is CCc1ccc2c(c1)CNCC2C1CCCC1. The van der Waals surface area contributed by atoms with Crippen molar-refractivity contribution in [2.45, 2.75) is 51.5 Å². The standard InChI is InChI=1S/C16H23N/c1-2-12-7-8-15-14(9-12)10-17-11-16(15)13-5-3-4-6-13/h7-9,13,16-17H,2-6,10-11H2,1H3. The summed E-state index contributed by atoms with van der Waals surface area (Å²) in [6.45, 7) is 4.52. The van der Waals surface area contributed by atoms with E-state index in [1.54, 1.807) is 11.1 Å². The lowest BCUT2D eigenvalue weighted by Crippen LogP contribution is -2.31. The lowest BCUT2D eigenvalue weighted by molar-refractivity contribution is 0.391. The third kappa shape index (κ3) is 2.13. The third-order valence-corrected chi connectivity index (χ3v) is 4.66. The third-order valence-electron chi connectivity index (χ3n) is 4.66. The first-order valence-electron chi connectivity index (χ1n) is 7.21. The zero-order valence-electron chi connectivity index (χ0n) is 10.8. The Labute approximate surface area is 105 Å². The summed E-state index contributed by atoms with van der Waals surface area (Å²) in [5.74, 6) is 1.72. The minimum Gasteiger partial charge on any atom is -0.312 e. The van der Waals surface area contributed by atoms with E-state index >= 15 is 0 Å². The van der Waals surface area contributed by atoms with Crippen molar-refractivity contribution in [2.24, 2.45) is 5.92 Å². The summed E-state index contributed by atoms with van der Waals surface area (Å²) < 4.78 is 0. The van der Waals surface area contributed by atoms with E-state index in [0.29, 0.717) is 0 Å². The Morgan fingerprint density at radius 3 is 2.82 bits per heavy atom. The molecule has 1 aliphatic heterocycles. The molecule has 3 rings (SSSR count). The van der Waals surface area contributed by atoms with E-state index in [0.717, 1.165) is 24.8 Å². The normalized spacial score (nSPS) is 24.9. The Balaban J connectivity index is 1.90. The predicted octanol–water partition coefficient (Wildman–Crippen LogP) is 3.63. The largest absolute Gasteiger partial charge is 0.312 e. The minimum atomic E-state index is 0.784. The number of benzene rings is 1. The van der Waals surface area contributed by atoms with Gasteiger partial charge in [-0.25, -0.2) is 0 Å². The second-order valence-corrected chi connectivity index (χ2v) is 5.67. The van der Waals surface area contributed by atoms with Crippen LogP contribution in [0.1, 0.15) is 55.2 Å². The van der Waals surface area contributed by atoms with Crippen molar-refractivity contribution in [1.29, 1.82) is 0 Å². The highest BCUT2D eigenvalue weighted by Gasteiger charge is 2.29. The molecule has 1 atom stereocenters. The van der Waals surface area contributed by atoms with Crippen LogP contribution < -0.4 is 5.32 Å². The number of hydrogen-bond acceptors (Lipinski definition) is 1. The van der Waals surface area contributed by atoms with Crippen LogP contribution in [0.2, 0.25) is 0 Å². The van der Waals surface area contributed by atoms with Gasteiger partial charge in [0, 0.05) is 13.1 Å². The lowest BCUT2D eigenvalue weighted by atomic mass is 9.80. The molecule has 17 heavy (non-hydrogen) atoms. The van der Waals surface area contributed by atoms with E-state index in [2.05, 4.69) is 30.4 Å². The van der Waals surface area contributed by atoms with Crippen molar-refractivity contribution in [3.63, 3.8) is 0 Å². The Morgan fingerprint density at radius 2 is 2.06 bits per heavy atom. The van der Waals surface area contributed by atoms with Crippen LogP contribution in [-0.2, 0) is 13.0 Å². The van der Waals surface area contributed by atoms with Gasteiger partial charge in [-0.2, -0.15) is 0 Å². The highest BCUT2D eigenvalue weighted by atomic mass is 14.9. The molecule has 1 fully saturated rings. The monoisotopic (exact) mass is 229 g/mol. The number of aryl methyl sites for hydroxylation is 1. The van der Waals surface area contributed by atoms with E-state index in [4.69, 9.17) is 0 Å². The van der Waals surface area contributed by atoms with E-state index in [1.165, 1.54) is 37.8 Å². The first-order valence-corrected chi connectivity index (χ1v) is 7.21. The van der Waals surface area contributed by atoms with Crippen LogP contribution in [-0.4, -0.2) is 6.54 Å². The molecule has 1 aromatic carbocycles. The fourth-order valence-electron chi connectivity index (χ4n) is 3.65. The van der Waals surface area contributed by atoms with Gasteiger partial charge in [-0.1, -0.05) is 38.0 Å². The first kappa shape index (κ1) is 11.3. The molecule has 1 aromatic rings.